The minimum Gasteiger partial charge on any atom is -0.481 e. The van der Waals surface area contributed by atoms with Gasteiger partial charge < -0.3 is 14.8 Å². The number of ether oxygens (including phenoxy) is 2. The van der Waals surface area contributed by atoms with Crippen LogP contribution in [0.25, 0.3) is 0 Å². The monoisotopic (exact) mass is 405 g/mol. The third kappa shape index (κ3) is 4.87. The van der Waals surface area contributed by atoms with Crippen molar-refractivity contribution in [2.45, 2.75) is 33.8 Å². The highest BCUT2D eigenvalue weighted by atomic mass is 32.1. The lowest BCUT2D eigenvalue weighted by molar-refractivity contribution is -0.127. The number of benzene rings is 1. The molecule has 2 amide bonds. The molecule has 2 rings (SSSR count). The highest BCUT2D eigenvalue weighted by Gasteiger charge is 2.22. The molecule has 2 aromatic rings. The van der Waals surface area contributed by atoms with Crippen LogP contribution < -0.4 is 21.3 Å². The number of nitrogens with one attached hydrogen (secondary N) is 2. The van der Waals surface area contributed by atoms with Gasteiger partial charge in [-0.15, -0.1) is 11.3 Å². The van der Waals surface area contributed by atoms with E-state index in [2.05, 4.69) is 5.32 Å². The Morgan fingerprint density at radius 1 is 1.18 bits per heavy atom. The lowest BCUT2D eigenvalue weighted by Gasteiger charge is -2.13. The number of thiophene rings is 1. The van der Waals surface area contributed by atoms with E-state index in [1.54, 1.807) is 38.1 Å². The number of hydrogen-bond acceptors (Lipinski definition) is 7. The topological polar surface area (TPSA) is 120 Å². The van der Waals surface area contributed by atoms with E-state index >= 15 is 0 Å². The number of hydrazine groups is 1. The van der Waals surface area contributed by atoms with Crippen LogP contribution in [0.2, 0.25) is 0 Å². The molecule has 0 saturated carbocycles. The fourth-order valence-corrected chi connectivity index (χ4v) is 3.44. The van der Waals surface area contributed by atoms with Gasteiger partial charge in [-0.05, 0) is 57.5 Å². The Bertz CT molecular complexity index is 876. The Kier molecular flexibility index (Phi) is 7.13. The predicted molar refractivity (Wildman–Crippen MR) is 107 cm³/mol. The second-order valence-corrected chi connectivity index (χ2v) is 7.18. The molecule has 1 aromatic carbocycles. The Morgan fingerprint density at radius 2 is 1.82 bits per heavy atom. The van der Waals surface area contributed by atoms with Gasteiger partial charge in [0.15, 0.2) is 6.10 Å². The molecular formula is C19H23N3O5S. The van der Waals surface area contributed by atoms with Crippen LogP contribution in [0.1, 0.15) is 45.0 Å². The zero-order valence-corrected chi connectivity index (χ0v) is 16.9. The number of carbonyl (C=O) groups excluding carboxylic acids is 3. The van der Waals surface area contributed by atoms with Crippen LogP contribution in [0.4, 0.5) is 5.00 Å². The summed E-state index contributed by atoms with van der Waals surface area (Å²) in [5.74, 6) is 4.19. The maximum atomic E-state index is 12.6. The van der Waals surface area contributed by atoms with Crippen molar-refractivity contribution in [2.75, 3.05) is 11.9 Å². The first-order valence-corrected chi connectivity index (χ1v) is 9.45. The van der Waals surface area contributed by atoms with E-state index in [9.17, 15) is 14.4 Å². The van der Waals surface area contributed by atoms with Gasteiger partial charge in [0.25, 0.3) is 11.8 Å². The van der Waals surface area contributed by atoms with Crippen molar-refractivity contribution in [3.8, 4) is 5.75 Å². The minimum atomic E-state index is -0.770. The molecule has 0 aliphatic carbocycles. The van der Waals surface area contributed by atoms with Gasteiger partial charge in [0.1, 0.15) is 10.8 Å². The molecule has 1 heterocycles. The first-order valence-electron chi connectivity index (χ1n) is 8.64. The summed E-state index contributed by atoms with van der Waals surface area (Å²) in [6.07, 6.45) is -0.770. The van der Waals surface area contributed by atoms with Crippen molar-refractivity contribution >= 4 is 34.1 Å². The summed E-state index contributed by atoms with van der Waals surface area (Å²) in [6.45, 7) is 7.23. The zero-order valence-electron chi connectivity index (χ0n) is 16.1. The Balaban J connectivity index is 2.14. The molecule has 8 nitrogen and oxygen atoms in total. The quantitative estimate of drug-likeness (QED) is 0.282. The Hall–Kier alpha value is -2.91. The third-order valence-electron chi connectivity index (χ3n) is 4.03. The maximum absolute atomic E-state index is 12.6. The summed E-state index contributed by atoms with van der Waals surface area (Å²) in [5, 5.41) is 3.22. The number of aryl methyl sites for hydroxylation is 1. The number of carbonyl (C=O) groups is 3. The molecule has 0 saturated heterocycles. The van der Waals surface area contributed by atoms with E-state index in [1.165, 1.54) is 11.3 Å². The average molecular weight is 405 g/mol. The molecular weight excluding hydrogens is 382 g/mol. The Labute approximate surface area is 167 Å². The normalized spacial score (nSPS) is 11.5. The van der Waals surface area contributed by atoms with Gasteiger partial charge in [0.2, 0.25) is 0 Å². The number of esters is 1. The maximum Gasteiger partial charge on any atom is 0.341 e. The fraction of sp³-hybridized carbons (Fsp3) is 0.316. The SMILES string of the molecule is CCOC(=O)c1c(NC(=O)c2ccc(O[C@@H](C)C(=O)NN)cc2)sc(C)c1C. The van der Waals surface area contributed by atoms with E-state index in [0.717, 1.165) is 10.4 Å². The molecule has 1 atom stereocenters. The van der Waals surface area contributed by atoms with Crippen LogP contribution in [0.15, 0.2) is 24.3 Å². The summed E-state index contributed by atoms with van der Waals surface area (Å²) >= 11 is 1.32. The van der Waals surface area contributed by atoms with Crippen molar-refractivity contribution in [1.29, 1.82) is 0 Å². The molecule has 0 aliphatic heterocycles. The zero-order chi connectivity index (χ0) is 20.8. The number of nitrogens with two attached hydrogens (primary N) is 1. The van der Waals surface area contributed by atoms with Crippen LogP contribution in [0.5, 0.6) is 5.75 Å². The van der Waals surface area contributed by atoms with Crippen LogP contribution in [-0.2, 0) is 9.53 Å². The average Bonchev–Trinajstić information content (AvgIpc) is 2.95. The molecule has 4 N–H and O–H groups in total. The van der Waals surface area contributed by atoms with Crippen LogP contribution in [0.3, 0.4) is 0 Å². The summed E-state index contributed by atoms with van der Waals surface area (Å²) < 4.78 is 10.5. The summed E-state index contributed by atoms with van der Waals surface area (Å²) in [4.78, 5) is 37.1. The molecule has 0 bridgehead atoms. The lowest BCUT2D eigenvalue weighted by Crippen LogP contribution is -2.40. The smallest absolute Gasteiger partial charge is 0.341 e. The van der Waals surface area contributed by atoms with Gasteiger partial charge in [-0.3, -0.25) is 15.0 Å². The van der Waals surface area contributed by atoms with Crippen molar-refractivity contribution in [3.05, 3.63) is 45.8 Å². The van der Waals surface area contributed by atoms with E-state index in [4.69, 9.17) is 15.3 Å². The van der Waals surface area contributed by atoms with Gasteiger partial charge in [-0.2, -0.15) is 0 Å². The molecule has 0 aliphatic rings. The second-order valence-electron chi connectivity index (χ2n) is 5.96. The van der Waals surface area contributed by atoms with Crippen LogP contribution in [-0.4, -0.2) is 30.5 Å². The van der Waals surface area contributed by atoms with Gasteiger partial charge in [0.05, 0.1) is 12.2 Å². The van der Waals surface area contributed by atoms with Crippen molar-refractivity contribution in [1.82, 2.24) is 5.43 Å². The van der Waals surface area contributed by atoms with Crippen molar-refractivity contribution in [3.63, 3.8) is 0 Å². The van der Waals surface area contributed by atoms with Crippen LogP contribution in [0, 0.1) is 13.8 Å². The van der Waals surface area contributed by atoms with E-state index in [-0.39, 0.29) is 12.5 Å². The van der Waals surface area contributed by atoms with Crippen molar-refractivity contribution in [2.24, 2.45) is 5.84 Å². The van der Waals surface area contributed by atoms with Gasteiger partial charge >= 0.3 is 5.97 Å². The summed E-state index contributed by atoms with van der Waals surface area (Å²) in [5.41, 5.74) is 3.54. The molecule has 0 spiro atoms. The van der Waals surface area contributed by atoms with E-state index < -0.39 is 18.0 Å². The first-order chi connectivity index (χ1) is 13.3. The largest absolute Gasteiger partial charge is 0.481 e. The van der Waals surface area contributed by atoms with E-state index in [1.807, 2.05) is 19.3 Å². The molecule has 9 heteroatoms. The van der Waals surface area contributed by atoms with Gasteiger partial charge in [0, 0.05) is 10.4 Å². The van der Waals surface area contributed by atoms with E-state index in [0.29, 0.717) is 21.9 Å². The number of rotatable bonds is 7. The minimum absolute atomic E-state index is 0.253. The number of amides is 2. The highest BCUT2D eigenvalue weighted by molar-refractivity contribution is 7.16. The number of anilines is 1. The van der Waals surface area contributed by atoms with Gasteiger partial charge in [-0.25, -0.2) is 10.6 Å². The third-order valence-corrected chi connectivity index (χ3v) is 5.16. The molecule has 1 aromatic heterocycles. The summed E-state index contributed by atoms with van der Waals surface area (Å²) in [7, 11) is 0. The predicted octanol–water partition coefficient (Wildman–Crippen LogP) is 2.55. The first kappa shape index (κ1) is 21.4. The second kappa shape index (κ2) is 9.34. The molecule has 0 fully saturated rings. The Morgan fingerprint density at radius 3 is 2.39 bits per heavy atom. The van der Waals surface area contributed by atoms with Gasteiger partial charge in [-0.1, -0.05) is 0 Å². The highest BCUT2D eigenvalue weighted by Crippen LogP contribution is 2.33. The molecule has 28 heavy (non-hydrogen) atoms. The number of hydrogen-bond donors (Lipinski definition) is 3. The summed E-state index contributed by atoms with van der Waals surface area (Å²) in [6, 6.07) is 6.28. The molecule has 0 radical (unpaired) electrons. The molecule has 0 unspecified atom stereocenters. The lowest BCUT2D eigenvalue weighted by atomic mass is 10.1. The molecule has 150 valence electrons. The standard InChI is InChI=1S/C19H23N3O5S/c1-5-26-19(25)15-10(2)12(4)28-18(15)21-17(24)13-6-8-14(9-7-13)27-11(3)16(23)22-20/h6-9,11H,5,20H2,1-4H3,(H,21,24)(H,22,23)/t11-/m0/s1. The van der Waals surface area contributed by atoms with Crippen molar-refractivity contribution < 1.29 is 23.9 Å². The van der Waals surface area contributed by atoms with Crippen LogP contribution >= 0.6 is 11.3 Å². The fourth-order valence-electron chi connectivity index (χ4n) is 2.40.